The van der Waals surface area contributed by atoms with E-state index in [2.05, 4.69) is 182 Å². The highest BCUT2D eigenvalue weighted by molar-refractivity contribution is 5.97. The van der Waals surface area contributed by atoms with Gasteiger partial charge in [-0.1, -0.05) is 176 Å². The zero-order chi connectivity index (χ0) is 29.8. The lowest BCUT2D eigenvalue weighted by Crippen LogP contribution is -2.40. The third kappa shape index (κ3) is 3.85. The molecule has 2 aliphatic rings. The maximum absolute atomic E-state index is 2.49. The summed E-state index contributed by atoms with van der Waals surface area (Å²) >= 11 is 0. The van der Waals surface area contributed by atoms with E-state index in [9.17, 15) is 0 Å². The average Bonchev–Trinajstić information content (AvgIpc) is 3.69. The predicted molar refractivity (Wildman–Crippen MR) is 189 cm³/mol. The molecule has 0 aliphatic heterocycles. The first-order valence-corrected chi connectivity index (χ1v) is 15.9. The smallest absolute Gasteiger partial charge is 0.0415 e. The Morgan fingerprint density at radius 1 is 0.422 bits per heavy atom. The summed E-state index contributed by atoms with van der Waals surface area (Å²) in [5.41, 5.74) is 13.0. The zero-order valence-corrected chi connectivity index (χ0v) is 25.0. The summed E-state index contributed by atoms with van der Waals surface area (Å²) in [7, 11) is 0. The SMILES string of the molecule is C1=CC(C(c2ccccc2)(c2ccccc2)C2c3ccccc3-c3ccccc32)c2cc(-c3cccc4ccccc34)ccc21. The summed E-state index contributed by atoms with van der Waals surface area (Å²) in [5, 5.41) is 2.56. The fourth-order valence-corrected chi connectivity index (χ4v) is 8.45. The molecular weight excluding hydrogens is 540 g/mol. The largest absolute Gasteiger partial charge is 0.0751 e. The summed E-state index contributed by atoms with van der Waals surface area (Å²) in [6.07, 6.45) is 4.85. The third-order valence-corrected chi connectivity index (χ3v) is 10.3. The van der Waals surface area contributed by atoms with Crippen LogP contribution in [0.3, 0.4) is 0 Å². The van der Waals surface area contributed by atoms with Gasteiger partial charge < -0.3 is 0 Å². The molecule has 0 saturated carbocycles. The Kier molecular flexibility index (Phi) is 5.96. The first-order chi connectivity index (χ1) is 22.3. The summed E-state index contributed by atoms with van der Waals surface area (Å²) < 4.78 is 0. The molecule has 0 aromatic heterocycles. The van der Waals surface area contributed by atoms with E-state index in [0.29, 0.717) is 0 Å². The van der Waals surface area contributed by atoms with Crippen LogP contribution < -0.4 is 0 Å². The molecule has 0 N–H and O–H groups in total. The standard InChI is InChI=1S/C45H32/c1-3-16-34(17-4-1)45(35-18-5-2-6-19-35,44-40-23-11-9-21-38(40)39-22-10-12-24-41(39)44)43-29-28-32-26-27-33(30-42(32)43)37-25-13-15-31-14-7-8-20-36(31)37/h1-30,43-44H. The van der Waals surface area contributed by atoms with Gasteiger partial charge in [0.05, 0.1) is 0 Å². The van der Waals surface area contributed by atoms with Crippen LogP contribution in [0.25, 0.3) is 39.1 Å². The van der Waals surface area contributed by atoms with E-state index in [4.69, 9.17) is 0 Å². The Balaban J connectivity index is 1.36. The minimum atomic E-state index is -0.398. The van der Waals surface area contributed by atoms with Gasteiger partial charge in [-0.25, -0.2) is 0 Å². The third-order valence-electron chi connectivity index (χ3n) is 10.3. The fourth-order valence-electron chi connectivity index (χ4n) is 8.45. The molecule has 0 fully saturated rings. The number of fused-ring (bicyclic) bond motifs is 5. The number of rotatable bonds is 5. The second kappa shape index (κ2) is 10.3. The molecule has 1 atom stereocenters. The van der Waals surface area contributed by atoms with Crippen LogP contribution >= 0.6 is 0 Å². The molecule has 0 nitrogen and oxygen atoms in total. The van der Waals surface area contributed by atoms with Gasteiger partial charge in [0.15, 0.2) is 0 Å². The summed E-state index contributed by atoms with van der Waals surface area (Å²) in [4.78, 5) is 0. The molecule has 0 radical (unpaired) electrons. The van der Waals surface area contributed by atoms with Crippen LogP contribution in [0.4, 0.5) is 0 Å². The molecule has 0 heteroatoms. The quantitative estimate of drug-likeness (QED) is 0.192. The van der Waals surface area contributed by atoms with Crippen LogP contribution in [-0.4, -0.2) is 0 Å². The predicted octanol–water partition coefficient (Wildman–Crippen LogP) is 11.4. The van der Waals surface area contributed by atoms with Crippen molar-refractivity contribution in [3.05, 3.63) is 209 Å². The van der Waals surface area contributed by atoms with Crippen molar-refractivity contribution >= 4 is 16.8 Å². The van der Waals surface area contributed by atoms with Gasteiger partial charge in [-0.3, -0.25) is 0 Å². The first-order valence-electron chi connectivity index (χ1n) is 15.9. The van der Waals surface area contributed by atoms with Crippen molar-refractivity contribution in [2.75, 3.05) is 0 Å². The molecule has 2 aliphatic carbocycles. The fraction of sp³-hybridized carbons (Fsp3) is 0.0667. The maximum atomic E-state index is 2.49. The summed E-state index contributed by atoms with van der Waals surface area (Å²) in [5.74, 6) is 0.230. The first kappa shape index (κ1) is 26.0. The van der Waals surface area contributed by atoms with Crippen LogP contribution in [0, 0.1) is 0 Å². The van der Waals surface area contributed by atoms with Crippen molar-refractivity contribution in [3.8, 4) is 22.3 Å². The van der Waals surface area contributed by atoms with Crippen LogP contribution in [0.15, 0.2) is 176 Å². The van der Waals surface area contributed by atoms with E-state index >= 15 is 0 Å². The van der Waals surface area contributed by atoms with Crippen LogP contribution in [0.1, 0.15) is 45.2 Å². The van der Waals surface area contributed by atoms with E-state index < -0.39 is 5.41 Å². The lowest BCUT2D eigenvalue weighted by molar-refractivity contribution is 0.417. The van der Waals surface area contributed by atoms with Crippen molar-refractivity contribution < 1.29 is 0 Å². The normalized spacial score (nSPS) is 15.2. The lowest BCUT2D eigenvalue weighted by Gasteiger charge is -2.46. The van der Waals surface area contributed by atoms with Gasteiger partial charge in [0.2, 0.25) is 0 Å². The molecule has 9 rings (SSSR count). The number of allylic oxidation sites excluding steroid dienone is 1. The molecular formula is C45H32. The van der Waals surface area contributed by atoms with E-state index in [1.807, 2.05) is 0 Å². The second-order valence-electron chi connectivity index (χ2n) is 12.4. The summed E-state index contributed by atoms with van der Waals surface area (Å²) in [6.45, 7) is 0. The van der Waals surface area contributed by atoms with Crippen molar-refractivity contribution in [2.45, 2.75) is 17.3 Å². The highest BCUT2D eigenvalue weighted by atomic mass is 14.5. The van der Waals surface area contributed by atoms with Gasteiger partial charge >= 0.3 is 0 Å². The molecule has 0 amide bonds. The van der Waals surface area contributed by atoms with E-state index in [1.165, 1.54) is 66.4 Å². The number of benzene rings is 7. The minimum Gasteiger partial charge on any atom is -0.0751 e. The average molecular weight is 573 g/mol. The van der Waals surface area contributed by atoms with Gasteiger partial charge in [0, 0.05) is 17.3 Å². The van der Waals surface area contributed by atoms with E-state index in [-0.39, 0.29) is 11.8 Å². The Morgan fingerprint density at radius 2 is 0.978 bits per heavy atom. The van der Waals surface area contributed by atoms with Gasteiger partial charge in [-0.2, -0.15) is 0 Å². The summed E-state index contributed by atoms with van der Waals surface area (Å²) in [6, 6.07) is 63.3. The molecule has 212 valence electrons. The molecule has 7 aromatic rings. The molecule has 7 aromatic carbocycles. The molecule has 0 spiro atoms. The second-order valence-corrected chi connectivity index (χ2v) is 12.4. The topological polar surface area (TPSA) is 0 Å². The Hall–Kier alpha value is -5.46. The number of hydrogen-bond donors (Lipinski definition) is 0. The lowest BCUT2D eigenvalue weighted by atomic mass is 9.55. The Bertz CT molecular complexity index is 2130. The van der Waals surface area contributed by atoms with Crippen LogP contribution in [0.5, 0.6) is 0 Å². The molecule has 0 saturated heterocycles. The maximum Gasteiger partial charge on any atom is 0.0415 e. The van der Waals surface area contributed by atoms with Gasteiger partial charge in [0.25, 0.3) is 0 Å². The van der Waals surface area contributed by atoms with Gasteiger partial charge in [-0.05, 0) is 72.5 Å². The van der Waals surface area contributed by atoms with Crippen LogP contribution in [-0.2, 0) is 5.41 Å². The van der Waals surface area contributed by atoms with Gasteiger partial charge in [0.1, 0.15) is 0 Å². The minimum absolute atomic E-state index is 0.108. The van der Waals surface area contributed by atoms with E-state index in [0.717, 1.165) is 0 Å². The van der Waals surface area contributed by atoms with Crippen molar-refractivity contribution in [3.63, 3.8) is 0 Å². The molecule has 0 heterocycles. The highest BCUT2D eigenvalue weighted by Crippen LogP contribution is 2.63. The molecule has 0 bridgehead atoms. The monoisotopic (exact) mass is 572 g/mol. The Morgan fingerprint density at radius 3 is 1.67 bits per heavy atom. The van der Waals surface area contributed by atoms with E-state index in [1.54, 1.807) is 0 Å². The van der Waals surface area contributed by atoms with Gasteiger partial charge in [-0.15, -0.1) is 0 Å². The molecule has 1 unspecified atom stereocenters. The Labute approximate surface area is 265 Å². The number of hydrogen-bond acceptors (Lipinski definition) is 0. The highest BCUT2D eigenvalue weighted by Gasteiger charge is 2.53. The van der Waals surface area contributed by atoms with Crippen molar-refractivity contribution in [1.82, 2.24) is 0 Å². The van der Waals surface area contributed by atoms with Crippen LogP contribution in [0.2, 0.25) is 0 Å². The van der Waals surface area contributed by atoms with Crippen molar-refractivity contribution in [1.29, 1.82) is 0 Å². The van der Waals surface area contributed by atoms with Crippen molar-refractivity contribution in [2.24, 2.45) is 0 Å². The molecule has 45 heavy (non-hydrogen) atoms. The zero-order valence-electron chi connectivity index (χ0n) is 25.0.